The van der Waals surface area contributed by atoms with Crippen LogP contribution in [0.15, 0.2) is 48.0 Å². The van der Waals surface area contributed by atoms with Crippen molar-refractivity contribution in [2.45, 2.75) is 58.6 Å². The van der Waals surface area contributed by atoms with E-state index in [0.717, 1.165) is 5.56 Å². The standard InChI is InChI=1S/C29H37NO6/c1-18(2)36-15-9-14-30-25(19-10-8-11-21(16-19)34-6)24(27(32)28(30)33)26(31)22-17-20(29(3,4)5)12-13-23(22)35-7/h8,10-13,16-18,25,31H,9,14-15H2,1-7H3/b26-24+. The fourth-order valence-corrected chi connectivity index (χ4v) is 4.33. The highest BCUT2D eigenvalue weighted by Crippen LogP contribution is 2.42. The minimum atomic E-state index is -0.776. The van der Waals surface area contributed by atoms with Crippen LogP contribution in [0, 0.1) is 0 Å². The van der Waals surface area contributed by atoms with Crippen LogP contribution in [-0.4, -0.2) is 55.2 Å². The molecule has 1 unspecified atom stereocenters. The van der Waals surface area contributed by atoms with Crippen molar-refractivity contribution in [3.8, 4) is 11.5 Å². The first-order valence-electron chi connectivity index (χ1n) is 12.2. The van der Waals surface area contributed by atoms with E-state index in [1.807, 2.05) is 32.0 Å². The van der Waals surface area contributed by atoms with Crippen molar-refractivity contribution in [1.82, 2.24) is 4.90 Å². The number of carbonyl (C=O) groups excluding carboxylic acids is 2. The number of nitrogens with zero attached hydrogens (tertiary/aromatic N) is 1. The van der Waals surface area contributed by atoms with Crippen LogP contribution in [-0.2, 0) is 19.7 Å². The first-order chi connectivity index (χ1) is 17.0. The molecule has 1 amide bonds. The van der Waals surface area contributed by atoms with Gasteiger partial charge in [0, 0.05) is 13.2 Å². The Morgan fingerprint density at radius 3 is 2.39 bits per heavy atom. The Bertz CT molecular complexity index is 1140. The van der Waals surface area contributed by atoms with Crippen LogP contribution in [0.5, 0.6) is 11.5 Å². The van der Waals surface area contributed by atoms with Gasteiger partial charge in [0.05, 0.1) is 37.5 Å². The number of benzene rings is 2. The van der Waals surface area contributed by atoms with Gasteiger partial charge in [-0.3, -0.25) is 9.59 Å². The number of likely N-dealkylation sites (tertiary alicyclic amines) is 1. The Balaban J connectivity index is 2.17. The summed E-state index contributed by atoms with van der Waals surface area (Å²) in [5.74, 6) is -0.631. The Labute approximate surface area is 213 Å². The molecule has 3 rings (SSSR count). The second-order valence-corrected chi connectivity index (χ2v) is 10.2. The van der Waals surface area contributed by atoms with E-state index in [1.165, 1.54) is 12.0 Å². The lowest BCUT2D eigenvalue weighted by molar-refractivity contribution is -0.140. The first kappa shape index (κ1) is 27.3. The molecule has 36 heavy (non-hydrogen) atoms. The summed E-state index contributed by atoms with van der Waals surface area (Å²) < 4.78 is 16.6. The van der Waals surface area contributed by atoms with Crippen molar-refractivity contribution in [2.24, 2.45) is 0 Å². The number of hydrogen-bond donors (Lipinski definition) is 1. The van der Waals surface area contributed by atoms with E-state index < -0.39 is 17.7 Å². The quantitative estimate of drug-likeness (QED) is 0.222. The van der Waals surface area contributed by atoms with Gasteiger partial charge in [0.15, 0.2) is 0 Å². The number of aliphatic hydroxyl groups excluding tert-OH is 1. The molecule has 0 aliphatic carbocycles. The van der Waals surface area contributed by atoms with Gasteiger partial charge in [0.1, 0.15) is 17.3 Å². The molecule has 2 aromatic rings. The number of ketones is 1. The maximum Gasteiger partial charge on any atom is 0.295 e. The molecule has 0 bridgehead atoms. The second-order valence-electron chi connectivity index (χ2n) is 10.2. The molecule has 0 saturated carbocycles. The summed E-state index contributed by atoms with van der Waals surface area (Å²) in [6, 6.07) is 12.0. The number of hydrogen-bond acceptors (Lipinski definition) is 6. The number of rotatable bonds is 9. The van der Waals surface area contributed by atoms with Crippen molar-refractivity contribution < 1.29 is 28.9 Å². The summed E-state index contributed by atoms with van der Waals surface area (Å²) in [5, 5.41) is 11.6. The van der Waals surface area contributed by atoms with Crippen LogP contribution in [0.2, 0.25) is 0 Å². The molecule has 0 radical (unpaired) electrons. The maximum absolute atomic E-state index is 13.4. The summed E-state index contributed by atoms with van der Waals surface area (Å²) in [6.07, 6.45) is 0.617. The third-order valence-corrected chi connectivity index (χ3v) is 6.26. The zero-order valence-electron chi connectivity index (χ0n) is 22.3. The Hall–Kier alpha value is -3.32. The number of methoxy groups -OCH3 is 2. The molecule has 7 heteroatoms. The van der Waals surface area contributed by atoms with Gasteiger partial charge in [-0.15, -0.1) is 0 Å². The van der Waals surface area contributed by atoms with E-state index in [2.05, 4.69) is 20.8 Å². The fourth-order valence-electron chi connectivity index (χ4n) is 4.33. The van der Waals surface area contributed by atoms with E-state index in [9.17, 15) is 14.7 Å². The zero-order chi connectivity index (χ0) is 26.6. The van der Waals surface area contributed by atoms with Crippen molar-refractivity contribution in [1.29, 1.82) is 0 Å². The molecule has 1 fully saturated rings. The number of carbonyl (C=O) groups is 2. The smallest absolute Gasteiger partial charge is 0.295 e. The summed E-state index contributed by atoms with van der Waals surface area (Å²) in [7, 11) is 3.07. The van der Waals surface area contributed by atoms with Crippen LogP contribution in [0.4, 0.5) is 0 Å². The molecule has 194 valence electrons. The second kappa shape index (κ2) is 11.2. The Morgan fingerprint density at radius 2 is 1.78 bits per heavy atom. The van der Waals surface area contributed by atoms with Gasteiger partial charge in [-0.25, -0.2) is 0 Å². The molecule has 1 saturated heterocycles. The van der Waals surface area contributed by atoms with Gasteiger partial charge in [0.25, 0.3) is 11.7 Å². The Morgan fingerprint density at radius 1 is 1.06 bits per heavy atom. The topological polar surface area (TPSA) is 85.3 Å². The highest BCUT2D eigenvalue weighted by atomic mass is 16.5. The van der Waals surface area contributed by atoms with Gasteiger partial charge in [-0.2, -0.15) is 0 Å². The number of Topliss-reactive ketones (excluding diaryl/α,β-unsaturated/α-hetero) is 1. The molecular weight excluding hydrogens is 458 g/mol. The average Bonchev–Trinajstić information content (AvgIpc) is 3.10. The van der Waals surface area contributed by atoms with Crippen molar-refractivity contribution >= 4 is 17.4 Å². The van der Waals surface area contributed by atoms with Crippen molar-refractivity contribution in [2.75, 3.05) is 27.4 Å². The van der Waals surface area contributed by atoms with Crippen LogP contribution >= 0.6 is 0 Å². The van der Waals surface area contributed by atoms with Crippen LogP contribution in [0.1, 0.15) is 63.8 Å². The summed E-state index contributed by atoms with van der Waals surface area (Å²) in [6.45, 7) is 10.8. The summed E-state index contributed by atoms with van der Waals surface area (Å²) in [4.78, 5) is 28.1. The number of ether oxygens (including phenoxy) is 3. The van der Waals surface area contributed by atoms with E-state index in [0.29, 0.717) is 42.2 Å². The minimum absolute atomic E-state index is 0.0300. The summed E-state index contributed by atoms with van der Waals surface area (Å²) >= 11 is 0. The van der Waals surface area contributed by atoms with Gasteiger partial charge in [0.2, 0.25) is 0 Å². The molecule has 2 aromatic carbocycles. The molecule has 0 aromatic heterocycles. The van der Waals surface area contributed by atoms with Crippen LogP contribution in [0.25, 0.3) is 5.76 Å². The van der Waals surface area contributed by atoms with Gasteiger partial charge in [-0.05, 0) is 61.1 Å². The Kier molecular flexibility index (Phi) is 8.46. The highest BCUT2D eigenvalue weighted by Gasteiger charge is 2.46. The molecule has 7 nitrogen and oxygen atoms in total. The van der Waals surface area contributed by atoms with E-state index in [1.54, 1.807) is 31.4 Å². The van der Waals surface area contributed by atoms with Crippen molar-refractivity contribution in [3.63, 3.8) is 0 Å². The largest absolute Gasteiger partial charge is 0.507 e. The van der Waals surface area contributed by atoms with Crippen LogP contribution in [0.3, 0.4) is 0 Å². The maximum atomic E-state index is 13.4. The third kappa shape index (κ3) is 5.73. The lowest BCUT2D eigenvalue weighted by Gasteiger charge is -2.26. The first-order valence-corrected chi connectivity index (χ1v) is 12.2. The molecule has 1 heterocycles. The van der Waals surface area contributed by atoms with E-state index >= 15 is 0 Å². The SMILES string of the molecule is COc1cccc(C2/C(=C(\O)c3cc(C(C)(C)C)ccc3OC)C(=O)C(=O)N2CCCOC(C)C)c1. The van der Waals surface area contributed by atoms with Gasteiger partial charge < -0.3 is 24.2 Å². The molecule has 0 spiro atoms. The van der Waals surface area contributed by atoms with Gasteiger partial charge in [-0.1, -0.05) is 39.0 Å². The minimum Gasteiger partial charge on any atom is -0.507 e. The van der Waals surface area contributed by atoms with E-state index in [-0.39, 0.29) is 22.9 Å². The molecule has 1 aliphatic heterocycles. The monoisotopic (exact) mass is 495 g/mol. The normalized spacial score (nSPS) is 17.7. The third-order valence-electron chi connectivity index (χ3n) is 6.26. The number of amides is 1. The lowest BCUT2D eigenvalue weighted by atomic mass is 9.85. The van der Waals surface area contributed by atoms with Gasteiger partial charge >= 0.3 is 0 Å². The highest BCUT2D eigenvalue weighted by molar-refractivity contribution is 6.46. The lowest BCUT2D eigenvalue weighted by Crippen LogP contribution is -2.31. The molecule has 1 N–H and O–H groups in total. The molecular formula is C29H37NO6. The van der Waals surface area contributed by atoms with Crippen LogP contribution < -0.4 is 9.47 Å². The number of aliphatic hydroxyl groups is 1. The molecule has 1 atom stereocenters. The molecule has 1 aliphatic rings. The zero-order valence-corrected chi connectivity index (χ0v) is 22.3. The summed E-state index contributed by atoms with van der Waals surface area (Å²) in [5.41, 5.74) is 1.84. The average molecular weight is 496 g/mol. The predicted molar refractivity (Wildman–Crippen MR) is 139 cm³/mol. The van der Waals surface area contributed by atoms with E-state index in [4.69, 9.17) is 14.2 Å². The van der Waals surface area contributed by atoms with Crippen molar-refractivity contribution in [3.05, 3.63) is 64.7 Å². The fraction of sp³-hybridized carbons (Fsp3) is 0.448. The predicted octanol–water partition coefficient (Wildman–Crippen LogP) is 5.24.